The number of carbonyl (C=O) groups is 1. The van der Waals surface area contributed by atoms with Gasteiger partial charge in [0.1, 0.15) is 0 Å². The molecule has 0 aliphatic carbocycles. The van der Waals surface area contributed by atoms with E-state index in [1.807, 2.05) is 67.6 Å². The van der Waals surface area contributed by atoms with Gasteiger partial charge in [-0.2, -0.15) is 0 Å². The molecule has 28 heavy (non-hydrogen) atoms. The third-order valence-electron chi connectivity index (χ3n) is 4.71. The summed E-state index contributed by atoms with van der Waals surface area (Å²) in [5, 5.41) is 0.838. The number of H-pyrrole nitrogens is 1. The van der Waals surface area contributed by atoms with E-state index in [1.165, 1.54) is 0 Å². The van der Waals surface area contributed by atoms with Crippen molar-refractivity contribution in [3.63, 3.8) is 0 Å². The second-order valence-electron chi connectivity index (χ2n) is 6.73. The molecule has 0 spiro atoms. The maximum atomic E-state index is 13.1. The Labute approximate surface area is 163 Å². The number of hydrogen-bond donors (Lipinski definition) is 1. The first-order valence-corrected chi connectivity index (χ1v) is 9.13. The Balaban J connectivity index is 1.94. The maximum absolute atomic E-state index is 13.1. The monoisotopic (exact) mass is 365 g/mol. The van der Waals surface area contributed by atoms with Crippen LogP contribution < -0.4 is 5.56 Å². The Kier molecular flexibility index (Phi) is 4.73. The molecule has 3 heteroatoms. The zero-order chi connectivity index (χ0) is 19.5. The molecule has 4 rings (SSSR count). The first kappa shape index (κ1) is 17.7. The average Bonchev–Trinajstić information content (AvgIpc) is 2.72. The van der Waals surface area contributed by atoms with E-state index in [1.54, 1.807) is 24.3 Å². The molecule has 0 amide bonds. The number of hydrogen-bond acceptors (Lipinski definition) is 2. The average molecular weight is 365 g/mol. The van der Waals surface area contributed by atoms with E-state index in [0.29, 0.717) is 16.6 Å². The van der Waals surface area contributed by atoms with Gasteiger partial charge in [0.15, 0.2) is 5.78 Å². The Morgan fingerprint density at radius 3 is 2.39 bits per heavy atom. The van der Waals surface area contributed by atoms with Crippen molar-refractivity contribution < 1.29 is 4.79 Å². The molecule has 0 saturated carbocycles. The van der Waals surface area contributed by atoms with Crippen LogP contribution in [0.15, 0.2) is 83.7 Å². The van der Waals surface area contributed by atoms with E-state index in [0.717, 1.165) is 16.5 Å². The molecule has 136 valence electrons. The normalized spacial score (nSPS) is 11.2. The molecule has 1 aromatic heterocycles. The van der Waals surface area contributed by atoms with Gasteiger partial charge in [-0.15, -0.1) is 0 Å². The molecule has 0 aliphatic heterocycles. The molecule has 0 radical (unpaired) electrons. The van der Waals surface area contributed by atoms with Gasteiger partial charge in [0, 0.05) is 22.0 Å². The predicted molar refractivity (Wildman–Crippen MR) is 115 cm³/mol. The molecule has 3 nitrogen and oxygen atoms in total. The Hall–Kier alpha value is -3.72. The van der Waals surface area contributed by atoms with Crippen LogP contribution in [0.3, 0.4) is 0 Å². The lowest BCUT2D eigenvalue weighted by Gasteiger charge is -2.09. The lowest BCUT2D eigenvalue weighted by Crippen LogP contribution is -2.20. The number of carbonyl (C=O) groups excluding carboxylic acids is 1. The predicted octanol–water partition coefficient (Wildman–Crippen LogP) is 5.24. The summed E-state index contributed by atoms with van der Waals surface area (Å²) < 4.78 is 0. The van der Waals surface area contributed by atoms with Gasteiger partial charge in [-0.1, -0.05) is 90.5 Å². The molecule has 1 N–H and O–H groups in total. The number of aromatic amines is 1. The third-order valence-corrected chi connectivity index (χ3v) is 4.71. The van der Waals surface area contributed by atoms with Gasteiger partial charge in [-0.3, -0.25) is 9.59 Å². The zero-order valence-electron chi connectivity index (χ0n) is 15.5. The number of aryl methyl sites for hydroxylation is 1. The van der Waals surface area contributed by atoms with Crippen molar-refractivity contribution in [1.29, 1.82) is 0 Å². The van der Waals surface area contributed by atoms with Crippen LogP contribution in [0, 0.1) is 6.92 Å². The number of ketones is 1. The molecule has 0 atom stereocenters. The number of rotatable bonds is 4. The molecule has 4 aromatic rings. The van der Waals surface area contributed by atoms with Crippen LogP contribution in [-0.4, -0.2) is 10.8 Å². The minimum absolute atomic E-state index is 0.161. The van der Waals surface area contributed by atoms with Gasteiger partial charge in [0.25, 0.3) is 5.56 Å². The second kappa shape index (κ2) is 7.49. The smallest absolute Gasteiger partial charge is 0.260 e. The number of fused-ring (bicyclic) bond motifs is 1. The van der Waals surface area contributed by atoms with Crippen LogP contribution in [0.4, 0.5) is 0 Å². The first-order chi connectivity index (χ1) is 13.6. The van der Waals surface area contributed by atoms with Crippen LogP contribution in [0.25, 0.3) is 23.1 Å². The van der Waals surface area contributed by atoms with Crippen molar-refractivity contribution in [3.8, 4) is 0 Å². The molecule has 0 saturated heterocycles. The summed E-state index contributed by atoms with van der Waals surface area (Å²) in [7, 11) is 0. The van der Waals surface area contributed by atoms with Crippen LogP contribution in [0.1, 0.15) is 32.6 Å². The van der Waals surface area contributed by atoms with E-state index in [4.69, 9.17) is 0 Å². The Bertz CT molecular complexity index is 1250. The van der Waals surface area contributed by atoms with E-state index in [2.05, 4.69) is 11.1 Å². The highest BCUT2D eigenvalue weighted by Gasteiger charge is 2.19. The van der Waals surface area contributed by atoms with E-state index < -0.39 is 0 Å². The van der Waals surface area contributed by atoms with Gasteiger partial charge in [-0.25, -0.2) is 0 Å². The molecule has 3 aromatic carbocycles. The SMILES string of the molecule is Cc1cccc(/C=C/c2c(C(=O)c3ccccc3)c(=O)[nH]c3ccccc23)c1. The molecule has 0 unspecified atom stereocenters. The quantitative estimate of drug-likeness (QED) is 0.503. The summed E-state index contributed by atoms with van der Waals surface area (Å²) in [6.07, 6.45) is 3.80. The summed E-state index contributed by atoms with van der Waals surface area (Å²) in [5.41, 5.74) is 3.79. The van der Waals surface area contributed by atoms with E-state index in [-0.39, 0.29) is 16.9 Å². The van der Waals surface area contributed by atoms with Crippen molar-refractivity contribution >= 4 is 28.8 Å². The summed E-state index contributed by atoms with van der Waals surface area (Å²) >= 11 is 0. The van der Waals surface area contributed by atoms with Crippen molar-refractivity contribution in [2.24, 2.45) is 0 Å². The van der Waals surface area contributed by atoms with Crippen molar-refractivity contribution in [2.45, 2.75) is 6.92 Å². The fourth-order valence-corrected chi connectivity index (χ4v) is 3.35. The Morgan fingerprint density at radius 2 is 1.61 bits per heavy atom. The largest absolute Gasteiger partial charge is 0.321 e. The van der Waals surface area contributed by atoms with Gasteiger partial charge in [0.05, 0.1) is 5.56 Å². The number of benzene rings is 3. The fraction of sp³-hybridized carbons (Fsp3) is 0.0400. The maximum Gasteiger partial charge on any atom is 0.260 e. The van der Waals surface area contributed by atoms with Crippen LogP contribution in [-0.2, 0) is 0 Å². The van der Waals surface area contributed by atoms with Gasteiger partial charge < -0.3 is 4.98 Å². The van der Waals surface area contributed by atoms with Crippen LogP contribution in [0.2, 0.25) is 0 Å². The first-order valence-electron chi connectivity index (χ1n) is 9.13. The lowest BCUT2D eigenvalue weighted by atomic mass is 9.95. The van der Waals surface area contributed by atoms with E-state index in [9.17, 15) is 9.59 Å². The van der Waals surface area contributed by atoms with Crippen molar-refractivity contribution in [1.82, 2.24) is 4.98 Å². The fourth-order valence-electron chi connectivity index (χ4n) is 3.35. The number of pyridine rings is 1. The highest BCUT2D eigenvalue weighted by Crippen LogP contribution is 2.23. The Morgan fingerprint density at radius 1 is 0.857 bits per heavy atom. The third kappa shape index (κ3) is 3.42. The molecular formula is C25H19NO2. The summed E-state index contributed by atoms with van der Waals surface area (Å²) in [6.45, 7) is 2.03. The highest BCUT2D eigenvalue weighted by atomic mass is 16.1. The standard InChI is InChI=1S/C25H19NO2/c1-17-8-7-9-18(16-17)14-15-21-20-12-5-6-13-22(20)26-25(28)23(21)24(27)19-10-3-2-4-11-19/h2-16H,1H3,(H,26,28)/b15-14+. The van der Waals surface area contributed by atoms with E-state index >= 15 is 0 Å². The van der Waals surface area contributed by atoms with Crippen molar-refractivity contribution in [3.05, 3.63) is 117 Å². The van der Waals surface area contributed by atoms with Gasteiger partial charge >= 0.3 is 0 Å². The van der Waals surface area contributed by atoms with Crippen LogP contribution in [0.5, 0.6) is 0 Å². The number of para-hydroxylation sites is 1. The van der Waals surface area contributed by atoms with Crippen molar-refractivity contribution in [2.75, 3.05) is 0 Å². The molecule has 0 fully saturated rings. The number of nitrogens with one attached hydrogen (secondary N) is 1. The van der Waals surface area contributed by atoms with Gasteiger partial charge in [0.2, 0.25) is 0 Å². The second-order valence-corrected chi connectivity index (χ2v) is 6.73. The minimum Gasteiger partial charge on any atom is -0.321 e. The summed E-state index contributed by atoms with van der Waals surface area (Å²) in [4.78, 5) is 28.8. The zero-order valence-corrected chi connectivity index (χ0v) is 15.5. The molecule has 0 bridgehead atoms. The molecule has 1 heterocycles. The minimum atomic E-state index is -0.378. The summed E-state index contributed by atoms with van der Waals surface area (Å²) in [5.74, 6) is -0.281. The molecular weight excluding hydrogens is 346 g/mol. The topological polar surface area (TPSA) is 49.9 Å². The lowest BCUT2D eigenvalue weighted by molar-refractivity contribution is 0.103. The number of aromatic nitrogens is 1. The van der Waals surface area contributed by atoms with Gasteiger partial charge in [-0.05, 0) is 18.6 Å². The molecule has 0 aliphatic rings. The summed E-state index contributed by atoms with van der Waals surface area (Å²) in [6, 6.07) is 24.5. The van der Waals surface area contributed by atoms with Crippen LogP contribution >= 0.6 is 0 Å². The highest BCUT2D eigenvalue weighted by molar-refractivity contribution is 6.13.